The van der Waals surface area contributed by atoms with Crippen molar-refractivity contribution in [1.82, 2.24) is 0 Å². The Labute approximate surface area is 152 Å². The van der Waals surface area contributed by atoms with E-state index in [1.165, 1.54) is 6.08 Å². The molecular weight excluding hydrogens is 332 g/mol. The minimum Gasteiger partial charge on any atom is -0.497 e. The number of nitrogens with one attached hydrogen (secondary N) is 2. The number of hydrogen-bond donors (Lipinski definition) is 2. The summed E-state index contributed by atoms with van der Waals surface area (Å²) in [4.78, 5) is 23.5. The third kappa shape index (κ3) is 5.37. The first-order valence-corrected chi connectivity index (χ1v) is 8.16. The van der Waals surface area contributed by atoms with Gasteiger partial charge in [-0.2, -0.15) is 0 Å². The second-order valence-electron chi connectivity index (χ2n) is 5.41. The standard InChI is InChI=1S/C20H22N2O4/c1-4-19(23)21-15-6-8-16(9-7-15)22-20(24)12-5-14-13-17(25-2)10-11-18(14)26-3/h5-13H,4H2,1-3H3,(H,21,23)(H,22,24)/b12-5+. The second-order valence-corrected chi connectivity index (χ2v) is 5.41. The number of benzene rings is 2. The van der Waals surface area contributed by atoms with Crippen molar-refractivity contribution < 1.29 is 19.1 Å². The molecule has 0 aliphatic heterocycles. The predicted octanol–water partition coefficient (Wildman–Crippen LogP) is 3.70. The lowest BCUT2D eigenvalue weighted by atomic mass is 10.1. The molecule has 136 valence electrons. The average molecular weight is 354 g/mol. The van der Waals surface area contributed by atoms with Crippen LogP contribution in [0.2, 0.25) is 0 Å². The Balaban J connectivity index is 2.02. The topological polar surface area (TPSA) is 76.7 Å². The highest BCUT2D eigenvalue weighted by atomic mass is 16.5. The van der Waals surface area contributed by atoms with Gasteiger partial charge < -0.3 is 20.1 Å². The number of ether oxygens (including phenoxy) is 2. The zero-order chi connectivity index (χ0) is 18.9. The monoisotopic (exact) mass is 354 g/mol. The Morgan fingerprint density at radius 2 is 1.62 bits per heavy atom. The van der Waals surface area contributed by atoms with Gasteiger partial charge in [0.05, 0.1) is 14.2 Å². The fourth-order valence-corrected chi connectivity index (χ4v) is 2.21. The van der Waals surface area contributed by atoms with Crippen molar-refractivity contribution in [2.45, 2.75) is 13.3 Å². The Morgan fingerprint density at radius 3 is 2.19 bits per heavy atom. The summed E-state index contributed by atoms with van der Waals surface area (Å²) in [7, 11) is 3.15. The number of anilines is 2. The van der Waals surface area contributed by atoms with Gasteiger partial charge in [-0.15, -0.1) is 0 Å². The lowest BCUT2D eigenvalue weighted by molar-refractivity contribution is -0.116. The van der Waals surface area contributed by atoms with E-state index in [0.29, 0.717) is 29.3 Å². The molecule has 0 unspecified atom stereocenters. The van der Waals surface area contributed by atoms with Gasteiger partial charge in [-0.3, -0.25) is 9.59 Å². The molecule has 0 saturated heterocycles. The molecule has 2 rings (SSSR count). The maximum Gasteiger partial charge on any atom is 0.248 e. The Bertz CT molecular complexity index is 798. The van der Waals surface area contributed by atoms with Crippen molar-refractivity contribution in [3.63, 3.8) is 0 Å². The molecule has 0 atom stereocenters. The van der Waals surface area contributed by atoms with E-state index in [1.54, 1.807) is 69.7 Å². The maximum absolute atomic E-state index is 12.1. The van der Waals surface area contributed by atoms with E-state index in [4.69, 9.17) is 9.47 Å². The van der Waals surface area contributed by atoms with E-state index in [2.05, 4.69) is 10.6 Å². The molecular formula is C20H22N2O4. The van der Waals surface area contributed by atoms with Crippen molar-refractivity contribution in [3.05, 3.63) is 54.1 Å². The Morgan fingerprint density at radius 1 is 0.962 bits per heavy atom. The van der Waals surface area contributed by atoms with Gasteiger partial charge in [0, 0.05) is 29.4 Å². The quantitative estimate of drug-likeness (QED) is 0.743. The van der Waals surface area contributed by atoms with Crippen LogP contribution < -0.4 is 20.1 Å². The van der Waals surface area contributed by atoms with E-state index < -0.39 is 0 Å². The van der Waals surface area contributed by atoms with E-state index in [1.807, 2.05) is 0 Å². The number of carbonyl (C=O) groups excluding carboxylic acids is 2. The summed E-state index contributed by atoms with van der Waals surface area (Å²) in [6.07, 6.45) is 3.49. The predicted molar refractivity (Wildman–Crippen MR) is 103 cm³/mol. The van der Waals surface area contributed by atoms with Crippen LogP contribution in [0, 0.1) is 0 Å². The minimum absolute atomic E-state index is 0.0584. The van der Waals surface area contributed by atoms with Crippen molar-refractivity contribution in [1.29, 1.82) is 0 Å². The van der Waals surface area contributed by atoms with Crippen LogP contribution in [0.25, 0.3) is 6.08 Å². The summed E-state index contributed by atoms with van der Waals surface area (Å²) in [6, 6.07) is 12.3. The molecule has 0 radical (unpaired) electrons. The Kier molecular flexibility index (Phi) is 6.79. The van der Waals surface area contributed by atoms with Gasteiger partial charge >= 0.3 is 0 Å². The second kappa shape index (κ2) is 9.27. The average Bonchev–Trinajstić information content (AvgIpc) is 2.67. The van der Waals surface area contributed by atoms with Gasteiger partial charge in [0.2, 0.25) is 11.8 Å². The normalized spacial score (nSPS) is 10.4. The van der Waals surface area contributed by atoms with Gasteiger partial charge in [0.1, 0.15) is 11.5 Å². The first kappa shape index (κ1) is 19.1. The van der Waals surface area contributed by atoms with Crippen molar-refractivity contribution in [2.75, 3.05) is 24.9 Å². The molecule has 0 aliphatic rings. The van der Waals surface area contributed by atoms with Gasteiger partial charge in [-0.05, 0) is 48.5 Å². The molecule has 2 N–H and O–H groups in total. The van der Waals surface area contributed by atoms with E-state index in [9.17, 15) is 9.59 Å². The SMILES string of the molecule is CCC(=O)Nc1ccc(NC(=O)/C=C/c2cc(OC)ccc2OC)cc1. The van der Waals surface area contributed by atoms with Crippen molar-refractivity contribution >= 4 is 29.3 Å². The highest BCUT2D eigenvalue weighted by Gasteiger charge is 2.04. The summed E-state index contributed by atoms with van der Waals surface area (Å²) in [5.74, 6) is 0.985. The van der Waals surface area contributed by atoms with Crippen LogP contribution in [0.4, 0.5) is 11.4 Å². The number of hydrogen-bond acceptors (Lipinski definition) is 4. The molecule has 2 aromatic carbocycles. The van der Waals surface area contributed by atoms with Gasteiger partial charge in [0.15, 0.2) is 0 Å². The fourth-order valence-electron chi connectivity index (χ4n) is 2.21. The maximum atomic E-state index is 12.1. The molecule has 0 spiro atoms. The van der Waals surface area contributed by atoms with Crippen LogP contribution >= 0.6 is 0 Å². The highest BCUT2D eigenvalue weighted by Crippen LogP contribution is 2.25. The molecule has 0 bridgehead atoms. The molecule has 6 heteroatoms. The zero-order valence-corrected chi connectivity index (χ0v) is 15.0. The van der Waals surface area contributed by atoms with Crippen LogP contribution in [0.3, 0.4) is 0 Å². The summed E-state index contributed by atoms with van der Waals surface area (Å²) in [5, 5.41) is 5.51. The minimum atomic E-state index is -0.278. The number of rotatable bonds is 7. The smallest absolute Gasteiger partial charge is 0.248 e. The third-order valence-corrected chi connectivity index (χ3v) is 3.61. The van der Waals surface area contributed by atoms with Crippen molar-refractivity contribution in [3.8, 4) is 11.5 Å². The Hall–Kier alpha value is -3.28. The van der Waals surface area contributed by atoms with Crippen LogP contribution in [0.1, 0.15) is 18.9 Å². The molecule has 0 aliphatic carbocycles. The summed E-state index contributed by atoms with van der Waals surface area (Å²) >= 11 is 0. The molecule has 0 aromatic heterocycles. The molecule has 6 nitrogen and oxygen atoms in total. The molecule has 2 aromatic rings. The summed E-state index contributed by atoms with van der Waals surface area (Å²) in [5.41, 5.74) is 2.05. The zero-order valence-electron chi connectivity index (χ0n) is 15.0. The number of amides is 2. The molecule has 0 saturated carbocycles. The van der Waals surface area contributed by atoms with Crippen LogP contribution in [-0.2, 0) is 9.59 Å². The van der Waals surface area contributed by atoms with E-state index in [-0.39, 0.29) is 11.8 Å². The first-order chi connectivity index (χ1) is 12.5. The molecule has 26 heavy (non-hydrogen) atoms. The van der Waals surface area contributed by atoms with Crippen molar-refractivity contribution in [2.24, 2.45) is 0 Å². The van der Waals surface area contributed by atoms with Gasteiger partial charge in [-0.1, -0.05) is 6.92 Å². The number of methoxy groups -OCH3 is 2. The number of carbonyl (C=O) groups is 2. The van der Waals surface area contributed by atoms with E-state index in [0.717, 1.165) is 5.56 Å². The van der Waals surface area contributed by atoms with Crippen LogP contribution in [0.15, 0.2) is 48.5 Å². The van der Waals surface area contributed by atoms with Gasteiger partial charge in [-0.25, -0.2) is 0 Å². The largest absolute Gasteiger partial charge is 0.497 e. The van der Waals surface area contributed by atoms with Gasteiger partial charge in [0.25, 0.3) is 0 Å². The fraction of sp³-hybridized carbons (Fsp3) is 0.200. The summed E-state index contributed by atoms with van der Waals surface area (Å²) in [6.45, 7) is 1.79. The first-order valence-electron chi connectivity index (χ1n) is 8.16. The molecule has 0 heterocycles. The van der Waals surface area contributed by atoms with E-state index >= 15 is 0 Å². The molecule has 2 amide bonds. The van der Waals surface area contributed by atoms with Crippen LogP contribution in [-0.4, -0.2) is 26.0 Å². The lowest BCUT2D eigenvalue weighted by Gasteiger charge is -2.07. The lowest BCUT2D eigenvalue weighted by Crippen LogP contribution is -2.10. The highest BCUT2D eigenvalue weighted by molar-refractivity contribution is 6.02. The molecule has 0 fully saturated rings. The van der Waals surface area contributed by atoms with Crippen LogP contribution in [0.5, 0.6) is 11.5 Å². The third-order valence-electron chi connectivity index (χ3n) is 3.61. The summed E-state index contributed by atoms with van der Waals surface area (Å²) < 4.78 is 10.5.